The number of nitro groups is 1. The maximum Gasteiger partial charge on any atom is 0.274 e. The quantitative estimate of drug-likeness (QED) is 0.639. The van der Waals surface area contributed by atoms with E-state index in [9.17, 15) is 15.2 Å². The monoisotopic (exact) mass is 243 g/mol. The number of aliphatic hydroxyl groups excluding tert-OH is 1. The molecule has 0 aromatic heterocycles. The Morgan fingerprint density at radius 3 is 2.81 bits per heavy atom. The maximum absolute atomic E-state index is 10.8. The summed E-state index contributed by atoms with van der Waals surface area (Å²) in [5.74, 6) is 0. The topological polar surface area (TPSA) is 63.4 Å². The second-order valence-electron chi connectivity index (χ2n) is 3.60. The Balaban J connectivity index is 2.88. The third-order valence-corrected chi connectivity index (χ3v) is 2.84. The molecule has 1 aromatic rings. The van der Waals surface area contributed by atoms with Crippen molar-refractivity contribution in [3.8, 4) is 0 Å². The minimum atomic E-state index is -0.445. The molecule has 1 rings (SSSR count). The highest BCUT2D eigenvalue weighted by Gasteiger charge is 2.16. The van der Waals surface area contributed by atoms with Crippen LogP contribution in [0.5, 0.6) is 0 Å². The van der Waals surface area contributed by atoms with E-state index in [4.69, 9.17) is 11.6 Å². The van der Waals surface area contributed by atoms with Crippen molar-refractivity contribution < 1.29 is 10.0 Å². The Morgan fingerprint density at radius 2 is 2.25 bits per heavy atom. The molecule has 1 unspecified atom stereocenters. The van der Waals surface area contributed by atoms with Crippen LogP contribution in [0.1, 0.15) is 25.3 Å². The second-order valence-corrected chi connectivity index (χ2v) is 4.00. The smallest absolute Gasteiger partial charge is 0.274 e. The molecule has 0 saturated heterocycles. The molecule has 0 saturated carbocycles. The average Bonchev–Trinajstić information content (AvgIpc) is 2.26. The van der Waals surface area contributed by atoms with Crippen LogP contribution in [-0.2, 0) is 6.42 Å². The summed E-state index contributed by atoms with van der Waals surface area (Å²) in [7, 11) is 0. The zero-order valence-corrected chi connectivity index (χ0v) is 9.78. The van der Waals surface area contributed by atoms with E-state index in [-0.39, 0.29) is 5.69 Å². The van der Waals surface area contributed by atoms with Crippen LogP contribution in [-0.4, -0.2) is 16.1 Å². The number of nitrogens with zero attached hydrogens (tertiary/aromatic N) is 1. The van der Waals surface area contributed by atoms with Gasteiger partial charge in [-0.2, -0.15) is 0 Å². The molecular weight excluding hydrogens is 230 g/mol. The van der Waals surface area contributed by atoms with Crippen LogP contribution in [0, 0.1) is 10.1 Å². The lowest BCUT2D eigenvalue weighted by Gasteiger charge is -2.08. The van der Waals surface area contributed by atoms with Gasteiger partial charge < -0.3 is 5.11 Å². The molecule has 0 spiro atoms. The summed E-state index contributed by atoms with van der Waals surface area (Å²) < 4.78 is 0. The predicted octanol–water partition coefficient (Wildman–Crippen LogP) is 2.95. The minimum Gasteiger partial charge on any atom is -0.393 e. The van der Waals surface area contributed by atoms with Gasteiger partial charge in [-0.05, 0) is 25.3 Å². The minimum absolute atomic E-state index is 0.0239. The standard InChI is InChI=1S/C11H14ClNO3/c1-2-8(14)6-7-9-10(12)4-3-5-11(9)13(15)16/h3-5,8,14H,2,6-7H2,1H3. The molecule has 1 aromatic carbocycles. The van der Waals surface area contributed by atoms with Crippen molar-refractivity contribution in [2.75, 3.05) is 0 Å². The highest BCUT2D eigenvalue weighted by Crippen LogP contribution is 2.27. The number of benzene rings is 1. The van der Waals surface area contributed by atoms with E-state index in [2.05, 4.69) is 0 Å². The normalized spacial score (nSPS) is 12.4. The van der Waals surface area contributed by atoms with Gasteiger partial charge in [0.15, 0.2) is 0 Å². The number of rotatable bonds is 5. The molecule has 0 aliphatic heterocycles. The predicted molar refractivity (Wildman–Crippen MR) is 62.7 cm³/mol. The summed E-state index contributed by atoms with van der Waals surface area (Å²) >= 11 is 5.91. The molecule has 0 amide bonds. The van der Waals surface area contributed by atoms with Gasteiger partial charge in [-0.15, -0.1) is 0 Å². The fourth-order valence-electron chi connectivity index (χ4n) is 1.48. The lowest BCUT2D eigenvalue weighted by molar-refractivity contribution is -0.385. The zero-order chi connectivity index (χ0) is 12.1. The molecular formula is C11H14ClNO3. The van der Waals surface area contributed by atoms with Crippen molar-refractivity contribution in [1.29, 1.82) is 0 Å². The van der Waals surface area contributed by atoms with E-state index in [0.717, 1.165) is 0 Å². The summed E-state index contributed by atoms with van der Waals surface area (Å²) in [6.07, 6.45) is 1.11. The molecule has 0 aliphatic carbocycles. The number of hydrogen-bond donors (Lipinski definition) is 1. The van der Waals surface area contributed by atoms with Crippen molar-refractivity contribution >= 4 is 17.3 Å². The number of hydrogen-bond acceptors (Lipinski definition) is 3. The molecule has 1 N–H and O–H groups in total. The van der Waals surface area contributed by atoms with Gasteiger partial charge in [0.25, 0.3) is 5.69 Å². The number of nitro benzene ring substituents is 1. The average molecular weight is 244 g/mol. The molecule has 88 valence electrons. The fourth-order valence-corrected chi connectivity index (χ4v) is 1.74. The van der Waals surface area contributed by atoms with Crippen molar-refractivity contribution in [2.45, 2.75) is 32.3 Å². The Labute approximate surface area is 99.0 Å². The van der Waals surface area contributed by atoms with Crippen molar-refractivity contribution in [3.05, 3.63) is 38.9 Å². The third kappa shape index (κ3) is 3.18. The molecule has 0 aliphatic rings. The molecule has 0 radical (unpaired) electrons. The van der Waals surface area contributed by atoms with Crippen LogP contribution in [0.15, 0.2) is 18.2 Å². The number of aliphatic hydroxyl groups is 1. The third-order valence-electron chi connectivity index (χ3n) is 2.49. The zero-order valence-electron chi connectivity index (χ0n) is 9.02. The van der Waals surface area contributed by atoms with Gasteiger partial charge in [-0.1, -0.05) is 24.6 Å². The highest BCUT2D eigenvalue weighted by atomic mass is 35.5. The van der Waals surface area contributed by atoms with Crippen LogP contribution in [0.25, 0.3) is 0 Å². The van der Waals surface area contributed by atoms with Gasteiger partial charge in [0.05, 0.1) is 16.0 Å². The van der Waals surface area contributed by atoms with Gasteiger partial charge in [0.1, 0.15) is 0 Å². The lowest BCUT2D eigenvalue weighted by Crippen LogP contribution is -2.07. The summed E-state index contributed by atoms with van der Waals surface area (Å²) in [6, 6.07) is 4.61. The lowest BCUT2D eigenvalue weighted by atomic mass is 10.0. The summed E-state index contributed by atoms with van der Waals surface area (Å²) in [6.45, 7) is 1.87. The maximum atomic E-state index is 10.8. The SMILES string of the molecule is CCC(O)CCc1c(Cl)cccc1[N+](=O)[O-]. The summed E-state index contributed by atoms with van der Waals surface area (Å²) in [4.78, 5) is 10.3. The van der Waals surface area contributed by atoms with E-state index in [1.165, 1.54) is 6.07 Å². The Bertz CT molecular complexity index is 381. The van der Waals surface area contributed by atoms with Crippen molar-refractivity contribution in [3.63, 3.8) is 0 Å². The van der Waals surface area contributed by atoms with Gasteiger partial charge >= 0.3 is 0 Å². The first-order valence-electron chi connectivity index (χ1n) is 5.16. The van der Waals surface area contributed by atoms with E-state index >= 15 is 0 Å². The first-order chi connectivity index (χ1) is 7.56. The van der Waals surface area contributed by atoms with Crippen molar-refractivity contribution in [2.24, 2.45) is 0 Å². The van der Waals surface area contributed by atoms with Gasteiger partial charge in [-0.25, -0.2) is 0 Å². The Morgan fingerprint density at radius 1 is 1.56 bits per heavy atom. The van der Waals surface area contributed by atoms with E-state index < -0.39 is 11.0 Å². The van der Waals surface area contributed by atoms with Crippen LogP contribution >= 0.6 is 11.6 Å². The van der Waals surface area contributed by atoms with Gasteiger partial charge in [-0.3, -0.25) is 10.1 Å². The molecule has 0 bridgehead atoms. The molecule has 16 heavy (non-hydrogen) atoms. The fraction of sp³-hybridized carbons (Fsp3) is 0.455. The molecule has 5 heteroatoms. The Kier molecular flexibility index (Phi) is 4.71. The van der Waals surface area contributed by atoms with Crippen LogP contribution in [0.4, 0.5) is 5.69 Å². The van der Waals surface area contributed by atoms with Gasteiger partial charge in [0, 0.05) is 11.6 Å². The molecule has 0 fully saturated rings. The number of halogens is 1. The van der Waals surface area contributed by atoms with Crippen LogP contribution in [0.3, 0.4) is 0 Å². The van der Waals surface area contributed by atoms with E-state index in [0.29, 0.717) is 29.8 Å². The molecule has 1 atom stereocenters. The molecule has 0 heterocycles. The first-order valence-corrected chi connectivity index (χ1v) is 5.54. The van der Waals surface area contributed by atoms with Crippen molar-refractivity contribution in [1.82, 2.24) is 0 Å². The second kappa shape index (κ2) is 5.82. The largest absolute Gasteiger partial charge is 0.393 e. The highest BCUT2D eigenvalue weighted by molar-refractivity contribution is 6.31. The molecule has 4 nitrogen and oxygen atoms in total. The first kappa shape index (κ1) is 12.9. The van der Waals surface area contributed by atoms with Gasteiger partial charge in [0.2, 0.25) is 0 Å². The summed E-state index contributed by atoms with van der Waals surface area (Å²) in [5.41, 5.74) is 0.525. The van der Waals surface area contributed by atoms with E-state index in [1.54, 1.807) is 12.1 Å². The van der Waals surface area contributed by atoms with Crippen LogP contribution < -0.4 is 0 Å². The van der Waals surface area contributed by atoms with Crippen LogP contribution in [0.2, 0.25) is 5.02 Å². The summed E-state index contributed by atoms with van der Waals surface area (Å²) in [5, 5.41) is 20.6. The van der Waals surface area contributed by atoms with E-state index in [1.807, 2.05) is 6.92 Å². The Hall–Kier alpha value is -1.13.